The number of nitrogens with one attached hydrogen (secondary N) is 2. The number of amides is 2. The molecule has 2 rings (SSSR count). The summed E-state index contributed by atoms with van der Waals surface area (Å²) in [4.78, 5) is 25.7. The first-order chi connectivity index (χ1) is 11.6. The maximum atomic E-state index is 12.1. The van der Waals surface area contributed by atoms with E-state index in [1.165, 1.54) is 6.42 Å². The molecule has 6 heteroatoms. The van der Waals surface area contributed by atoms with Gasteiger partial charge in [-0.3, -0.25) is 9.59 Å². The molecule has 0 saturated heterocycles. The third-order valence-corrected chi connectivity index (χ3v) is 4.16. The number of benzene rings is 1. The Hall–Kier alpha value is -2.37. The van der Waals surface area contributed by atoms with Gasteiger partial charge in [0.05, 0.1) is 5.92 Å². The number of carbonyl (C=O) groups excluding carboxylic acids is 2. The fourth-order valence-corrected chi connectivity index (χ4v) is 2.56. The molecule has 0 aromatic heterocycles. The van der Waals surface area contributed by atoms with Crippen LogP contribution in [0.3, 0.4) is 0 Å². The lowest BCUT2D eigenvalue weighted by Gasteiger charge is -2.19. The quantitative estimate of drug-likeness (QED) is 0.682. The predicted molar refractivity (Wildman–Crippen MR) is 96.3 cm³/mol. The van der Waals surface area contributed by atoms with Crippen LogP contribution in [-0.2, 0) is 4.79 Å². The standard InChI is InChI=1S/C18H26N4O2/c1-3-4-12-22(2)16-9-7-14(8-10-16)17(23)19-11-5-6-15-13-20-21-18(15)24/h7-10,13,15H,3-6,11-12H2,1-2H3,(H,19,23)(H,21,24). The van der Waals surface area contributed by atoms with E-state index in [-0.39, 0.29) is 17.7 Å². The molecule has 1 aliphatic heterocycles. The van der Waals surface area contributed by atoms with Gasteiger partial charge < -0.3 is 10.2 Å². The number of anilines is 1. The van der Waals surface area contributed by atoms with Gasteiger partial charge in [-0.25, -0.2) is 5.43 Å². The first-order valence-corrected chi connectivity index (χ1v) is 8.54. The van der Waals surface area contributed by atoms with E-state index >= 15 is 0 Å². The molecule has 0 aliphatic carbocycles. The molecular weight excluding hydrogens is 304 g/mol. The highest BCUT2D eigenvalue weighted by Gasteiger charge is 2.19. The van der Waals surface area contributed by atoms with Gasteiger partial charge in [-0.15, -0.1) is 0 Å². The summed E-state index contributed by atoms with van der Waals surface area (Å²) in [6.07, 6.45) is 5.38. The second-order valence-electron chi connectivity index (χ2n) is 6.08. The molecule has 24 heavy (non-hydrogen) atoms. The Balaban J connectivity index is 1.74. The molecule has 0 spiro atoms. The maximum Gasteiger partial charge on any atom is 0.251 e. The molecule has 2 amide bonds. The fourth-order valence-electron chi connectivity index (χ4n) is 2.56. The summed E-state index contributed by atoms with van der Waals surface area (Å²) < 4.78 is 0. The van der Waals surface area contributed by atoms with Crippen LogP contribution in [-0.4, -0.2) is 38.2 Å². The molecule has 1 atom stereocenters. The number of rotatable bonds is 9. The highest BCUT2D eigenvalue weighted by Crippen LogP contribution is 2.14. The maximum absolute atomic E-state index is 12.1. The van der Waals surface area contributed by atoms with E-state index in [1.54, 1.807) is 6.21 Å². The Bertz CT molecular complexity index is 583. The Morgan fingerprint density at radius 1 is 1.29 bits per heavy atom. The summed E-state index contributed by atoms with van der Waals surface area (Å²) in [5.41, 5.74) is 4.18. The monoisotopic (exact) mass is 330 g/mol. The van der Waals surface area contributed by atoms with Gasteiger partial charge >= 0.3 is 0 Å². The minimum absolute atomic E-state index is 0.0656. The van der Waals surface area contributed by atoms with E-state index in [0.29, 0.717) is 18.5 Å². The van der Waals surface area contributed by atoms with E-state index in [9.17, 15) is 9.59 Å². The number of carbonyl (C=O) groups is 2. The number of hydrogen-bond donors (Lipinski definition) is 2. The summed E-state index contributed by atoms with van der Waals surface area (Å²) in [5, 5.41) is 6.62. The smallest absolute Gasteiger partial charge is 0.251 e. The molecule has 0 fully saturated rings. The van der Waals surface area contributed by atoms with Crippen molar-refractivity contribution in [2.75, 3.05) is 25.0 Å². The van der Waals surface area contributed by atoms with Crippen LogP contribution in [0.1, 0.15) is 43.0 Å². The molecule has 0 bridgehead atoms. The van der Waals surface area contributed by atoms with Gasteiger partial charge in [0.25, 0.3) is 5.91 Å². The minimum Gasteiger partial charge on any atom is -0.375 e. The zero-order valence-corrected chi connectivity index (χ0v) is 14.4. The molecule has 1 aromatic carbocycles. The van der Waals surface area contributed by atoms with Crippen LogP contribution < -0.4 is 15.6 Å². The second kappa shape index (κ2) is 9.05. The first kappa shape index (κ1) is 18.0. The van der Waals surface area contributed by atoms with Gasteiger partial charge in [0.1, 0.15) is 0 Å². The van der Waals surface area contributed by atoms with Crippen molar-refractivity contribution < 1.29 is 9.59 Å². The van der Waals surface area contributed by atoms with Crippen LogP contribution in [0, 0.1) is 5.92 Å². The van der Waals surface area contributed by atoms with Gasteiger partial charge in [-0.1, -0.05) is 13.3 Å². The Kier molecular flexibility index (Phi) is 6.78. The summed E-state index contributed by atoms with van der Waals surface area (Å²) >= 11 is 0. The summed E-state index contributed by atoms with van der Waals surface area (Å²) in [6, 6.07) is 7.65. The van der Waals surface area contributed by atoms with Crippen molar-refractivity contribution >= 4 is 23.7 Å². The van der Waals surface area contributed by atoms with Crippen LogP contribution in [0.4, 0.5) is 5.69 Å². The molecule has 130 valence electrons. The molecular formula is C18H26N4O2. The zero-order valence-electron chi connectivity index (χ0n) is 14.4. The number of hydrogen-bond acceptors (Lipinski definition) is 4. The van der Waals surface area contributed by atoms with Gasteiger partial charge in [-0.2, -0.15) is 5.10 Å². The molecule has 1 unspecified atom stereocenters. The Morgan fingerprint density at radius 2 is 2.04 bits per heavy atom. The van der Waals surface area contributed by atoms with E-state index in [2.05, 4.69) is 34.7 Å². The van der Waals surface area contributed by atoms with E-state index in [1.807, 2.05) is 24.3 Å². The van der Waals surface area contributed by atoms with Gasteiger partial charge in [0.15, 0.2) is 0 Å². The summed E-state index contributed by atoms with van der Waals surface area (Å²) in [5.74, 6) is -0.314. The van der Waals surface area contributed by atoms with Crippen LogP contribution in [0.2, 0.25) is 0 Å². The molecule has 0 saturated carbocycles. The summed E-state index contributed by atoms with van der Waals surface area (Å²) in [6.45, 7) is 3.74. The summed E-state index contributed by atoms with van der Waals surface area (Å²) in [7, 11) is 2.06. The van der Waals surface area contributed by atoms with Crippen LogP contribution in [0.5, 0.6) is 0 Å². The third kappa shape index (κ3) is 5.08. The average Bonchev–Trinajstić information content (AvgIpc) is 3.01. The lowest BCUT2D eigenvalue weighted by molar-refractivity contribution is -0.122. The topological polar surface area (TPSA) is 73.8 Å². The normalized spacial score (nSPS) is 16.1. The van der Waals surface area contributed by atoms with Gasteiger partial charge in [0.2, 0.25) is 5.91 Å². The van der Waals surface area contributed by atoms with Gasteiger partial charge in [0, 0.05) is 37.6 Å². The van der Waals surface area contributed by atoms with Crippen molar-refractivity contribution in [2.45, 2.75) is 32.6 Å². The number of hydrazone groups is 1. The van der Waals surface area contributed by atoms with Crippen molar-refractivity contribution in [3.05, 3.63) is 29.8 Å². The largest absolute Gasteiger partial charge is 0.375 e. The molecule has 1 aliphatic rings. The molecule has 1 aromatic rings. The number of nitrogens with zero attached hydrogens (tertiary/aromatic N) is 2. The van der Waals surface area contributed by atoms with Gasteiger partial charge in [-0.05, 0) is 43.5 Å². The lowest BCUT2D eigenvalue weighted by Crippen LogP contribution is -2.26. The average molecular weight is 330 g/mol. The zero-order chi connectivity index (χ0) is 17.4. The van der Waals surface area contributed by atoms with E-state index in [0.717, 1.165) is 25.1 Å². The SMILES string of the molecule is CCCCN(C)c1ccc(C(=O)NCCCC2C=NNC2=O)cc1. The first-order valence-electron chi connectivity index (χ1n) is 8.54. The molecule has 2 N–H and O–H groups in total. The molecule has 6 nitrogen and oxygen atoms in total. The van der Waals surface area contributed by atoms with Crippen molar-refractivity contribution in [3.8, 4) is 0 Å². The highest BCUT2D eigenvalue weighted by molar-refractivity contribution is 5.97. The fraction of sp³-hybridized carbons (Fsp3) is 0.500. The van der Waals surface area contributed by atoms with E-state index < -0.39 is 0 Å². The van der Waals surface area contributed by atoms with Crippen molar-refractivity contribution in [1.82, 2.24) is 10.7 Å². The van der Waals surface area contributed by atoms with Crippen LogP contribution >= 0.6 is 0 Å². The highest BCUT2D eigenvalue weighted by atomic mass is 16.2. The van der Waals surface area contributed by atoms with Crippen LogP contribution in [0.15, 0.2) is 29.4 Å². The lowest BCUT2D eigenvalue weighted by atomic mass is 10.1. The van der Waals surface area contributed by atoms with Crippen molar-refractivity contribution in [1.29, 1.82) is 0 Å². The van der Waals surface area contributed by atoms with Crippen LogP contribution in [0.25, 0.3) is 0 Å². The predicted octanol–water partition coefficient (Wildman–Crippen LogP) is 2.16. The Morgan fingerprint density at radius 3 is 2.67 bits per heavy atom. The Labute approximate surface area is 143 Å². The minimum atomic E-state index is -0.167. The molecule has 0 radical (unpaired) electrons. The van der Waals surface area contributed by atoms with Crippen molar-refractivity contribution in [3.63, 3.8) is 0 Å². The van der Waals surface area contributed by atoms with E-state index in [4.69, 9.17) is 0 Å². The third-order valence-electron chi connectivity index (χ3n) is 4.16. The number of unbranched alkanes of at least 4 members (excludes halogenated alkanes) is 1. The molecule has 1 heterocycles. The second-order valence-corrected chi connectivity index (χ2v) is 6.08. The van der Waals surface area contributed by atoms with Crippen molar-refractivity contribution in [2.24, 2.45) is 11.0 Å².